The van der Waals surface area contributed by atoms with Crippen molar-refractivity contribution in [2.45, 2.75) is 95.7 Å². The van der Waals surface area contributed by atoms with Gasteiger partial charge in [-0.1, -0.05) is 32.5 Å². The van der Waals surface area contributed by atoms with Gasteiger partial charge < -0.3 is 14.2 Å². The molecule has 5 rings (SSSR count). The zero-order valence-electron chi connectivity index (χ0n) is 20.6. The van der Waals surface area contributed by atoms with E-state index in [9.17, 15) is 0 Å². The summed E-state index contributed by atoms with van der Waals surface area (Å²) in [6, 6.07) is 1.14. The van der Waals surface area contributed by atoms with E-state index in [4.69, 9.17) is 14.2 Å². The van der Waals surface area contributed by atoms with Crippen LogP contribution in [0.3, 0.4) is 0 Å². The number of fused-ring (bicyclic) bond motifs is 2. The molecule has 31 heavy (non-hydrogen) atoms. The van der Waals surface area contributed by atoms with E-state index in [0.717, 1.165) is 74.8 Å². The first-order valence-electron chi connectivity index (χ1n) is 12.7. The summed E-state index contributed by atoms with van der Waals surface area (Å²) in [6.07, 6.45) is 11.8. The fourth-order valence-corrected chi connectivity index (χ4v) is 10.3. The molecule has 5 aliphatic rings. The summed E-state index contributed by atoms with van der Waals surface area (Å²) in [6.45, 7) is 12.6. The number of hydrogen-bond acceptors (Lipinski definition) is 3. The van der Waals surface area contributed by atoms with Crippen LogP contribution >= 0.6 is 0 Å². The van der Waals surface area contributed by atoms with Crippen LogP contribution in [0.4, 0.5) is 0 Å². The number of hydrogen-bond donors (Lipinski definition) is 0. The minimum Gasteiger partial charge on any atom is -0.384 e. The molecule has 2 bridgehead atoms. The molecule has 4 heteroatoms. The van der Waals surface area contributed by atoms with Crippen LogP contribution in [0.1, 0.15) is 65.2 Å². The van der Waals surface area contributed by atoms with Crippen molar-refractivity contribution in [1.82, 2.24) is 0 Å². The average Bonchev–Trinajstić information content (AvgIpc) is 3.17. The highest BCUT2D eigenvalue weighted by atomic mass is 28.3. The Balaban J connectivity index is 1.26. The normalized spacial score (nSPS) is 33.4. The predicted molar refractivity (Wildman–Crippen MR) is 130 cm³/mol. The zero-order valence-corrected chi connectivity index (χ0v) is 21.6. The second-order valence-electron chi connectivity index (χ2n) is 11.9. The van der Waals surface area contributed by atoms with Crippen molar-refractivity contribution in [2.75, 3.05) is 26.9 Å². The standard InChI is InChI=1S/C27H44O3Si/c1-26(2)22-17-24(26)23(20-28-3)25(18-22)31(4,5)16-9-7-6-8-11-21-12-10-13-27(19-21)29-14-15-30-27/h19,22-25H,6,8,10-18,20H2,1-5H3/t22-,23+,24+,25+/m1/s1. The Labute approximate surface area is 191 Å². The summed E-state index contributed by atoms with van der Waals surface area (Å²) in [5.74, 6) is 9.30. The molecule has 4 fully saturated rings. The minimum atomic E-state index is -1.39. The molecule has 174 valence electrons. The Bertz CT molecular complexity index is 722. The molecule has 0 amide bonds. The SMILES string of the molecule is COC[C@H]1[C@@H]2C[C@H](C[C@@H]1[Si](C)(C)CC#CCCCC1=CC3(CCC1)OCCO3)C2(C)C. The van der Waals surface area contributed by atoms with Gasteiger partial charge >= 0.3 is 0 Å². The van der Waals surface area contributed by atoms with Crippen LogP contribution in [0, 0.1) is 35.0 Å². The van der Waals surface area contributed by atoms with Crippen molar-refractivity contribution in [2.24, 2.45) is 23.2 Å². The van der Waals surface area contributed by atoms with Crippen molar-refractivity contribution < 1.29 is 14.2 Å². The first kappa shape index (κ1) is 23.6. The van der Waals surface area contributed by atoms with E-state index in [0.29, 0.717) is 5.41 Å². The Morgan fingerprint density at radius 2 is 1.94 bits per heavy atom. The van der Waals surface area contributed by atoms with Crippen molar-refractivity contribution >= 4 is 8.07 Å². The molecule has 1 aliphatic heterocycles. The first-order valence-corrected chi connectivity index (χ1v) is 16.0. The second-order valence-corrected chi connectivity index (χ2v) is 16.9. The molecule has 1 saturated heterocycles. The molecule has 4 aliphatic carbocycles. The summed E-state index contributed by atoms with van der Waals surface area (Å²) in [4.78, 5) is 0. The van der Waals surface area contributed by atoms with Gasteiger partial charge in [-0.15, -0.1) is 11.8 Å². The molecule has 1 heterocycles. The number of methoxy groups -OCH3 is 1. The van der Waals surface area contributed by atoms with Gasteiger partial charge in [0.05, 0.1) is 21.3 Å². The van der Waals surface area contributed by atoms with Gasteiger partial charge in [-0.25, -0.2) is 0 Å². The molecular weight excluding hydrogens is 400 g/mol. The lowest BCUT2D eigenvalue weighted by Crippen LogP contribution is -2.59. The molecule has 4 atom stereocenters. The summed E-state index contributed by atoms with van der Waals surface area (Å²) in [5.41, 5.74) is 2.90. The van der Waals surface area contributed by atoms with Gasteiger partial charge in [0.1, 0.15) is 0 Å². The predicted octanol–water partition coefficient (Wildman–Crippen LogP) is 6.42. The van der Waals surface area contributed by atoms with E-state index in [1.54, 1.807) is 0 Å². The van der Waals surface area contributed by atoms with Gasteiger partial charge in [0.2, 0.25) is 0 Å². The van der Waals surface area contributed by atoms with Crippen LogP contribution in [-0.4, -0.2) is 40.8 Å². The highest BCUT2D eigenvalue weighted by molar-refractivity contribution is 6.79. The summed E-state index contributed by atoms with van der Waals surface area (Å²) >= 11 is 0. The van der Waals surface area contributed by atoms with E-state index < -0.39 is 8.07 Å². The van der Waals surface area contributed by atoms with E-state index in [2.05, 4.69) is 44.9 Å². The van der Waals surface area contributed by atoms with E-state index >= 15 is 0 Å². The van der Waals surface area contributed by atoms with Crippen LogP contribution in [-0.2, 0) is 14.2 Å². The maximum Gasteiger partial charge on any atom is 0.188 e. The third-order valence-corrected chi connectivity index (χ3v) is 12.9. The number of unbranched alkanes of at least 4 members (excludes halogenated alkanes) is 1. The highest BCUT2D eigenvalue weighted by Gasteiger charge is 2.59. The topological polar surface area (TPSA) is 27.7 Å². The number of ether oxygens (including phenoxy) is 3. The summed E-state index contributed by atoms with van der Waals surface area (Å²) in [5, 5.41) is 0. The van der Waals surface area contributed by atoms with E-state index in [1.165, 1.54) is 31.3 Å². The summed E-state index contributed by atoms with van der Waals surface area (Å²) in [7, 11) is 0.497. The maximum atomic E-state index is 5.87. The fraction of sp³-hybridized carbons (Fsp3) is 0.852. The Kier molecular flexibility index (Phi) is 7.09. The lowest BCUT2D eigenvalue weighted by atomic mass is 9.45. The molecule has 0 unspecified atom stereocenters. The highest BCUT2D eigenvalue weighted by Crippen LogP contribution is 2.66. The zero-order chi connectivity index (χ0) is 22.1. The lowest BCUT2D eigenvalue weighted by molar-refractivity contribution is -0.125. The molecule has 0 N–H and O–H groups in total. The lowest BCUT2D eigenvalue weighted by Gasteiger charge is -2.64. The third kappa shape index (κ3) is 4.86. The third-order valence-electron chi connectivity index (χ3n) is 9.17. The molecule has 3 nitrogen and oxygen atoms in total. The van der Waals surface area contributed by atoms with Gasteiger partial charge in [-0.05, 0) is 73.3 Å². The van der Waals surface area contributed by atoms with Gasteiger partial charge in [0, 0.05) is 32.6 Å². The van der Waals surface area contributed by atoms with Gasteiger partial charge in [-0.3, -0.25) is 0 Å². The van der Waals surface area contributed by atoms with Crippen molar-refractivity contribution in [3.8, 4) is 11.8 Å². The van der Waals surface area contributed by atoms with Gasteiger partial charge in [0.25, 0.3) is 0 Å². The monoisotopic (exact) mass is 444 g/mol. The van der Waals surface area contributed by atoms with Crippen LogP contribution in [0.15, 0.2) is 11.6 Å². The van der Waals surface area contributed by atoms with Crippen LogP contribution in [0.5, 0.6) is 0 Å². The van der Waals surface area contributed by atoms with Crippen LogP contribution < -0.4 is 0 Å². The minimum absolute atomic E-state index is 0.386. The van der Waals surface area contributed by atoms with Crippen molar-refractivity contribution in [3.05, 3.63) is 11.6 Å². The van der Waals surface area contributed by atoms with Crippen molar-refractivity contribution in [1.29, 1.82) is 0 Å². The van der Waals surface area contributed by atoms with Crippen molar-refractivity contribution in [3.63, 3.8) is 0 Å². The quantitative estimate of drug-likeness (QED) is 0.196. The van der Waals surface area contributed by atoms with E-state index in [1.807, 2.05) is 7.11 Å². The molecular formula is C27H44O3Si. The second kappa shape index (κ2) is 9.33. The number of rotatable bonds is 7. The average molecular weight is 445 g/mol. The largest absolute Gasteiger partial charge is 0.384 e. The van der Waals surface area contributed by atoms with E-state index in [-0.39, 0.29) is 5.79 Å². The Morgan fingerprint density at radius 1 is 1.16 bits per heavy atom. The number of allylic oxidation sites excluding steroid dienone is 1. The first-order chi connectivity index (χ1) is 14.8. The van der Waals surface area contributed by atoms with Crippen LogP contribution in [0.2, 0.25) is 24.7 Å². The Morgan fingerprint density at radius 3 is 2.65 bits per heavy atom. The molecule has 0 aromatic heterocycles. The molecule has 3 saturated carbocycles. The molecule has 0 aromatic rings. The molecule has 1 spiro atoms. The van der Waals surface area contributed by atoms with Gasteiger partial charge in [-0.2, -0.15) is 0 Å². The Hall–Kier alpha value is -0.603. The molecule has 0 radical (unpaired) electrons. The van der Waals surface area contributed by atoms with Gasteiger partial charge in [0.15, 0.2) is 5.79 Å². The maximum absolute atomic E-state index is 5.87. The fourth-order valence-electron chi connectivity index (χ4n) is 7.09. The summed E-state index contributed by atoms with van der Waals surface area (Å²) < 4.78 is 17.4. The molecule has 0 aromatic carbocycles. The van der Waals surface area contributed by atoms with Crippen LogP contribution in [0.25, 0.3) is 0 Å². The smallest absolute Gasteiger partial charge is 0.188 e.